The van der Waals surface area contributed by atoms with Crippen LogP contribution >= 0.6 is 11.6 Å². The number of piperidine rings is 2. The van der Waals surface area contributed by atoms with Crippen molar-refractivity contribution in [2.75, 3.05) is 13.9 Å². The summed E-state index contributed by atoms with van der Waals surface area (Å²) < 4.78 is 32.4. The van der Waals surface area contributed by atoms with Crippen LogP contribution in [0.3, 0.4) is 0 Å². The number of rotatable bonds is 7. The summed E-state index contributed by atoms with van der Waals surface area (Å²) in [5.74, 6) is 0.783. The van der Waals surface area contributed by atoms with Crippen LogP contribution in [-0.2, 0) is 4.74 Å². The molecule has 1 aromatic heterocycles. The van der Waals surface area contributed by atoms with Gasteiger partial charge in [-0.15, -0.1) is 10.2 Å². The van der Waals surface area contributed by atoms with Crippen molar-refractivity contribution in [2.45, 2.75) is 69.7 Å². The molecule has 0 radical (unpaired) electrons. The lowest BCUT2D eigenvalue weighted by molar-refractivity contribution is -0.130. The molecule has 0 saturated carbocycles. The van der Waals surface area contributed by atoms with Crippen molar-refractivity contribution in [3.8, 4) is 22.9 Å². The topological polar surface area (TPSA) is 76.9 Å². The molecule has 0 unspecified atom stereocenters. The molecular weight excluding hydrogens is 448 g/mol. The molecule has 2 saturated heterocycles. The van der Waals surface area contributed by atoms with Gasteiger partial charge < -0.3 is 24.0 Å². The molecular formula is C23H30BClFN3O4. The molecule has 10 heteroatoms. The van der Waals surface area contributed by atoms with E-state index >= 15 is 4.39 Å². The molecule has 2 bridgehead atoms. The van der Waals surface area contributed by atoms with E-state index in [1.165, 1.54) is 7.11 Å². The van der Waals surface area contributed by atoms with E-state index in [2.05, 4.69) is 17.1 Å². The van der Waals surface area contributed by atoms with Crippen molar-refractivity contribution in [1.82, 2.24) is 15.0 Å². The monoisotopic (exact) mass is 477 g/mol. The standard InChI is InChI=1S/C23H30BClFN3O4/c1-22-10-5-11-23(2,29(22)24(3)30)21(26)19(13-22)33-20-9-8-17(27-28-20)16-7-6-15(25)12-18(16)32-14-31-4/h6-9,12,19,21,30H,5,10-11,13-14H2,1-4H3/t19-,21-,22-,23+/m0/s1. The van der Waals surface area contributed by atoms with Gasteiger partial charge in [-0.2, -0.15) is 0 Å². The first kappa shape index (κ1) is 24.2. The highest BCUT2D eigenvalue weighted by Crippen LogP contribution is 2.50. The van der Waals surface area contributed by atoms with Gasteiger partial charge in [-0.3, -0.25) is 0 Å². The number of fused-ring (bicyclic) bond motifs is 2. The van der Waals surface area contributed by atoms with E-state index in [1.807, 2.05) is 11.7 Å². The Morgan fingerprint density at radius 1 is 1.24 bits per heavy atom. The van der Waals surface area contributed by atoms with E-state index in [1.54, 1.807) is 37.2 Å². The van der Waals surface area contributed by atoms with E-state index in [-0.39, 0.29) is 18.2 Å². The zero-order valence-electron chi connectivity index (χ0n) is 19.4. The number of nitrogens with zero attached hydrogens (tertiary/aromatic N) is 3. The van der Waals surface area contributed by atoms with Crippen molar-refractivity contribution in [1.29, 1.82) is 0 Å². The van der Waals surface area contributed by atoms with Gasteiger partial charge in [-0.1, -0.05) is 11.6 Å². The molecule has 2 aliphatic rings. The summed E-state index contributed by atoms with van der Waals surface area (Å²) in [4.78, 5) is 1.94. The number of ether oxygens (including phenoxy) is 3. The number of halogens is 2. The molecule has 2 aromatic rings. The number of aromatic nitrogens is 2. The molecule has 4 rings (SSSR count). The molecule has 1 aromatic carbocycles. The minimum atomic E-state index is -1.27. The molecule has 0 spiro atoms. The Balaban J connectivity index is 1.55. The highest BCUT2D eigenvalue weighted by atomic mass is 35.5. The summed E-state index contributed by atoms with van der Waals surface area (Å²) in [7, 11) is 0.808. The Morgan fingerprint density at radius 3 is 2.70 bits per heavy atom. The van der Waals surface area contributed by atoms with E-state index in [9.17, 15) is 5.02 Å². The van der Waals surface area contributed by atoms with Gasteiger partial charge in [0.05, 0.1) is 5.69 Å². The Bertz CT molecular complexity index is 985. The predicted molar refractivity (Wildman–Crippen MR) is 125 cm³/mol. The van der Waals surface area contributed by atoms with Crippen LogP contribution in [0.15, 0.2) is 30.3 Å². The summed E-state index contributed by atoms with van der Waals surface area (Å²) in [6.07, 6.45) is 0.987. The summed E-state index contributed by atoms with van der Waals surface area (Å²) in [6, 6.07) is 8.67. The molecule has 3 heterocycles. The van der Waals surface area contributed by atoms with Crippen LogP contribution in [0, 0.1) is 0 Å². The molecule has 1 N–H and O–H groups in total. The van der Waals surface area contributed by atoms with Gasteiger partial charge in [0.2, 0.25) is 5.88 Å². The third kappa shape index (κ3) is 4.56. The number of hydrogen-bond acceptors (Lipinski definition) is 7. The quantitative estimate of drug-likeness (QED) is 0.468. The summed E-state index contributed by atoms with van der Waals surface area (Å²) in [5.41, 5.74) is 0.132. The maximum Gasteiger partial charge on any atom is 0.377 e. The van der Waals surface area contributed by atoms with Crippen LogP contribution < -0.4 is 9.47 Å². The van der Waals surface area contributed by atoms with Gasteiger partial charge >= 0.3 is 7.05 Å². The molecule has 4 atom stereocenters. The van der Waals surface area contributed by atoms with Crippen LogP contribution in [0.2, 0.25) is 11.8 Å². The second kappa shape index (κ2) is 9.37. The van der Waals surface area contributed by atoms with Crippen LogP contribution in [0.25, 0.3) is 11.3 Å². The Labute approximate surface area is 199 Å². The summed E-state index contributed by atoms with van der Waals surface area (Å²) in [6.45, 7) is 5.74. The SMILES string of the molecule is COCOc1cc(Cl)ccc1-c1ccc(O[C@H]2C[C@]3(C)CCC[C@](C)([C@H]2F)N3B(C)O)nn1. The van der Waals surface area contributed by atoms with Crippen LogP contribution in [0.5, 0.6) is 11.6 Å². The van der Waals surface area contributed by atoms with Crippen molar-refractivity contribution >= 4 is 18.7 Å². The maximum atomic E-state index is 15.8. The highest BCUT2D eigenvalue weighted by molar-refractivity contribution is 6.45. The van der Waals surface area contributed by atoms with E-state index < -0.39 is 24.9 Å². The van der Waals surface area contributed by atoms with Crippen molar-refractivity contribution in [3.63, 3.8) is 0 Å². The lowest BCUT2D eigenvalue weighted by Gasteiger charge is -2.62. The second-order valence-corrected chi connectivity index (χ2v) is 9.86. The zero-order valence-corrected chi connectivity index (χ0v) is 20.2. The molecule has 0 aliphatic carbocycles. The highest BCUT2D eigenvalue weighted by Gasteiger charge is 2.60. The first-order valence-electron chi connectivity index (χ1n) is 11.2. The van der Waals surface area contributed by atoms with Gasteiger partial charge in [0, 0.05) is 41.3 Å². The van der Waals surface area contributed by atoms with Crippen LogP contribution in [0.4, 0.5) is 4.39 Å². The lowest BCUT2D eigenvalue weighted by Crippen LogP contribution is -2.75. The van der Waals surface area contributed by atoms with Crippen LogP contribution in [0.1, 0.15) is 39.5 Å². The minimum absolute atomic E-state index is 0.0720. The first-order chi connectivity index (χ1) is 15.7. The lowest BCUT2D eigenvalue weighted by atomic mass is 9.59. The van der Waals surface area contributed by atoms with Gasteiger partial charge in [-0.25, -0.2) is 4.39 Å². The average Bonchev–Trinajstić information content (AvgIpc) is 2.76. The Hall–Kier alpha value is -1.94. The smallest absolute Gasteiger partial charge is 0.377 e. The fourth-order valence-electron chi connectivity index (χ4n) is 5.70. The minimum Gasteiger partial charge on any atom is -0.470 e. The summed E-state index contributed by atoms with van der Waals surface area (Å²) in [5, 5.41) is 19.4. The second-order valence-electron chi connectivity index (χ2n) is 9.42. The molecule has 178 valence electrons. The van der Waals surface area contributed by atoms with Crippen molar-refractivity contribution in [3.05, 3.63) is 35.4 Å². The van der Waals surface area contributed by atoms with Gasteiger partial charge in [-0.05, 0) is 64.2 Å². The average molecular weight is 478 g/mol. The van der Waals surface area contributed by atoms with E-state index in [0.717, 1.165) is 12.8 Å². The van der Waals surface area contributed by atoms with Gasteiger partial charge in [0.25, 0.3) is 0 Å². The fraction of sp³-hybridized carbons (Fsp3) is 0.565. The molecule has 7 nitrogen and oxygen atoms in total. The number of methoxy groups -OCH3 is 1. The summed E-state index contributed by atoms with van der Waals surface area (Å²) >= 11 is 6.09. The van der Waals surface area contributed by atoms with E-state index in [0.29, 0.717) is 34.9 Å². The van der Waals surface area contributed by atoms with E-state index in [4.69, 9.17) is 25.8 Å². The maximum absolute atomic E-state index is 15.8. The predicted octanol–water partition coefficient (Wildman–Crippen LogP) is 4.38. The molecule has 33 heavy (non-hydrogen) atoms. The molecule has 2 aliphatic heterocycles. The first-order valence-corrected chi connectivity index (χ1v) is 11.6. The van der Waals surface area contributed by atoms with Gasteiger partial charge in [0.15, 0.2) is 13.0 Å². The third-order valence-electron chi connectivity index (χ3n) is 6.93. The normalized spacial score (nSPS) is 29.5. The molecule has 2 fully saturated rings. The zero-order chi connectivity index (χ0) is 23.8. The Morgan fingerprint density at radius 2 is 2.03 bits per heavy atom. The molecule has 0 amide bonds. The van der Waals surface area contributed by atoms with Crippen LogP contribution in [-0.4, -0.2) is 64.3 Å². The van der Waals surface area contributed by atoms with Gasteiger partial charge in [0.1, 0.15) is 11.9 Å². The Kier molecular flexibility index (Phi) is 6.87. The van der Waals surface area contributed by atoms with Crippen molar-refractivity contribution < 1.29 is 23.6 Å². The fourth-order valence-corrected chi connectivity index (χ4v) is 5.87. The largest absolute Gasteiger partial charge is 0.470 e. The number of benzene rings is 1. The number of alkyl halides is 1. The third-order valence-corrected chi connectivity index (χ3v) is 7.16. The number of hydrogen-bond donors (Lipinski definition) is 1. The van der Waals surface area contributed by atoms with Crippen molar-refractivity contribution in [2.24, 2.45) is 0 Å².